The smallest absolute Gasteiger partial charge is 0.373 e. The van der Waals surface area contributed by atoms with Gasteiger partial charge in [0.2, 0.25) is 0 Å². The predicted molar refractivity (Wildman–Crippen MR) is 57.2 cm³/mol. The van der Waals surface area contributed by atoms with Crippen LogP contribution in [0.4, 0.5) is 0 Å². The zero-order valence-electron chi connectivity index (χ0n) is 10.8. The minimum Gasteiger partial charge on any atom is -0.373 e. The molecule has 1 aromatic rings. The largest absolute Gasteiger partial charge is 1.00 e. The second-order valence-corrected chi connectivity index (χ2v) is 15.9. The maximum atomic E-state index is 10.7. The van der Waals surface area contributed by atoms with Crippen molar-refractivity contribution in [2.45, 2.75) is 15.7 Å². The third-order valence-corrected chi connectivity index (χ3v) is 13.6. The van der Waals surface area contributed by atoms with Crippen LogP contribution in [0.25, 0.3) is 16.0 Å². The van der Waals surface area contributed by atoms with Crippen LogP contribution in [-0.4, -0.2) is 5.97 Å². The number of carboxylic acids is 1. The second kappa shape index (κ2) is 16.3. The van der Waals surface area contributed by atoms with Gasteiger partial charge in [0.1, 0.15) is 0 Å². The molecule has 18 heavy (non-hydrogen) atoms. The average molecular weight is 470 g/mol. The van der Waals surface area contributed by atoms with Gasteiger partial charge >= 0.3 is 152 Å². The molecular formula is C9H9HgN3Na2O2S. The summed E-state index contributed by atoms with van der Waals surface area (Å²) in [6.07, 6.45) is 0. The van der Waals surface area contributed by atoms with Crippen LogP contribution in [0.15, 0.2) is 29.2 Å². The van der Waals surface area contributed by atoms with Crippen LogP contribution in [0.2, 0.25) is 3.93 Å². The van der Waals surface area contributed by atoms with Gasteiger partial charge in [0.05, 0.1) is 0 Å². The van der Waals surface area contributed by atoms with E-state index in [-0.39, 0.29) is 59.1 Å². The van der Waals surface area contributed by atoms with E-state index in [0.29, 0.717) is 5.56 Å². The Bertz CT molecular complexity index is 390. The third-order valence-electron chi connectivity index (χ3n) is 1.57. The van der Waals surface area contributed by atoms with Crippen molar-refractivity contribution in [2.75, 3.05) is 0 Å². The maximum Gasteiger partial charge on any atom is 1.00 e. The van der Waals surface area contributed by atoms with Crippen LogP contribution >= 0.6 is 8.24 Å². The minimum atomic E-state index is -1.06. The number of nitrogens with zero attached hydrogens (tertiary/aromatic N) is 3. The van der Waals surface area contributed by atoms with Crippen molar-refractivity contribution in [1.29, 1.82) is 0 Å². The van der Waals surface area contributed by atoms with Crippen molar-refractivity contribution in [1.82, 2.24) is 0 Å². The Morgan fingerprint density at radius 1 is 1.39 bits per heavy atom. The van der Waals surface area contributed by atoms with Crippen LogP contribution in [0.3, 0.4) is 0 Å². The molecule has 1 rings (SSSR count). The molecule has 1 aromatic carbocycles. The third kappa shape index (κ3) is 11.1. The van der Waals surface area contributed by atoms with Crippen molar-refractivity contribution in [3.63, 3.8) is 0 Å². The Morgan fingerprint density at radius 3 is 2.33 bits per heavy atom. The SMILES string of the molecule is C[CH2][Hg][S]c1ccccc1C(=O)[O-].[N-]=[N+]=[N-].[Na+].[Na+]. The number of aromatic carboxylic acids is 1. The molecule has 82 valence electrons. The molecule has 0 saturated heterocycles. The van der Waals surface area contributed by atoms with Crippen molar-refractivity contribution in [2.24, 2.45) is 0 Å². The summed E-state index contributed by atoms with van der Waals surface area (Å²) in [5, 5.41) is 10.7. The summed E-state index contributed by atoms with van der Waals surface area (Å²) in [7, 11) is 1.78. The Balaban J connectivity index is -0.000000410. The van der Waals surface area contributed by atoms with Crippen LogP contribution in [-0.2, 0) is 23.1 Å². The molecule has 9 heteroatoms. The van der Waals surface area contributed by atoms with Gasteiger partial charge in [0, 0.05) is 0 Å². The zero-order valence-corrected chi connectivity index (χ0v) is 21.1. The molecule has 0 aliphatic rings. The van der Waals surface area contributed by atoms with E-state index in [1.165, 1.54) is 8.84 Å². The van der Waals surface area contributed by atoms with Crippen LogP contribution in [0.1, 0.15) is 17.3 Å². The summed E-state index contributed by atoms with van der Waals surface area (Å²) in [6.45, 7) is 2.16. The Labute approximate surface area is 165 Å². The van der Waals surface area contributed by atoms with Gasteiger partial charge in [-0.1, -0.05) is 0 Å². The van der Waals surface area contributed by atoms with Gasteiger partial charge in [-0.05, 0) is 0 Å². The van der Waals surface area contributed by atoms with E-state index in [9.17, 15) is 9.90 Å². The molecule has 0 saturated carbocycles. The first-order valence-electron chi connectivity index (χ1n) is 4.59. The van der Waals surface area contributed by atoms with Crippen LogP contribution in [0, 0.1) is 0 Å². The van der Waals surface area contributed by atoms with Crippen LogP contribution < -0.4 is 64.2 Å². The average Bonchev–Trinajstić information content (AvgIpc) is 2.27. The van der Waals surface area contributed by atoms with Gasteiger partial charge in [0.15, 0.2) is 0 Å². The van der Waals surface area contributed by atoms with E-state index >= 15 is 0 Å². The molecule has 0 fully saturated rings. The number of hydrogen-bond acceptors (Lipinski definition) is 3. The number of rotatable bonds is 4. The summed E-state index contributed by atoms with van der Waals surface area (Å²) < 4.78 is 1.26. The van der Waals surface area contributed by atoms with E-state index < -0.39 is 29.0 Å². The first-order chi connectivity index (χ1) is 7.67. The molecule has 0 atom stereocenters. The molecule has 0 bridgehead atoms. The predicted octanol–water partition coefficient (Wildman–Crippen LogP) is -3.55. The first-order valence-corrected chi connectivity index (χ1v) is 16.2. The summed E-state index contributed by atoms with van der Waals surface area (Å²) in [4.78, 5) is 13.1. The van der Waals surface area contributed by atoms with Gasteiger partial charge in [-0.2, -0.15) is 0 Å². The monoisotopic (exact) mass is 471 g/mol. The quantitative estimate of drug-likeness (QED) is 0.198. The fourth-order valence-electron chi connectivity index (χ4n) is 0.973. The Kier molecular flexibility index (Phi) is 22.1. The van der Waals surface area contributed by atoms with Gasteiger partial charge in [0.25, 0.3) is 0 Å². The first kappa shape index (κ1) is 24.3. The number of carbonyl (C=O) groups excluding carboxylic acids is 1. The normalized spacial score (nSPS) is 7.17. The zero-order chi connectivity index (χ0) is 12.4. The minimum absolute atomic E-state index is 0. The van der Waals surface area contributed by atoms with Crippen molar-refractivity contribution in [3.05, 3.63) is 45.8 Å². The molecular weight excluding hydrogens is 461 g/mol. The van der Waals surface area contributed by atoms with Gasteiger partial charge in [-0.15, -0.1) is 0 Å². The summed E-state index contributed by atoms with van der Waals surface area (Å²) in [5.41, 5.74) is 13.8. The molecule has 0 aliphatic carbocycles. The van der Waals surface area contributed by atoms with Crippen molar-refractivity contribution < 1.29 is 92.1 Å². The standard InChI is InChI=1S/C7H6O2S.C2H5.Hg.N3.2Na/c8-7(9)5-3-1-2-4-6(5)10;1-2;;1-3-2;;/h1-4,10H,(H,8,9);1H2,2H3;;;;/q;;+1;-1;2*+1/p-2. The van der Waals surface area contributed by atoms with Gasteiger partial charge in [-0.25, -0.2) is 0 Å². The summed E-state index contributed by atoms with van der Waals surface area (Å²) in [5.74, 6) is -1.06. The topological polar surface area (TPSA) is 98.8 Å². The summed E-state index contributed by atoms with van der Waals surface area (Å²) in [6, 6.07) is 7.09. The van der Waals surface area contributed by atoms with Crippen LogP contribution in [0.5, 0.6) is 0 Å². The van der Waals surface area contributed by atoms with E-state index in [2.05, 4.69) is 6.92 Å². The molecule has 0 aromatic heterocycles. The van der Waals surface area contributed by atoms with Gasteiger partial charge < -0.3 is 11.1 Å². The molecule has 0 heterocycles. The van der Waals surface area contributed by atoms with Gasteiger partial charge in [-0.3, -0.25) is 4.91 Å². The number of hydrogen-bond donors (Lipinski definition) is 0. The van der Waals surface area contributed by atoms with Crippen molar-refractivity contribution in [3.8, 4) is 0 Å². The molecule has 0 spiro atoms. The van der Waals surface area contributed by atoms with E-state index in [1.54, 1.807) is 20.4 Å². The number of carboxylic acid groups (broad SMARTS) is 1. The number of carbonyl (C=O) groups is 1. The van der Waals surface area contributed by atoms with E-state index in [1.807, 2.05) is 12.1 Å². The summed E-state index contributed by atoms with van der Waals surface area (Å²) >= 11 is -0.888. The fourth-order valence-corrected chi connectivity index (χ4v) is 9.76. The Hall–Kier alpha value is 1.29. The molecule has 0 amide bonds. The molecule has 5 nitrogen and oxygen atoms in total. The maximum absolute atomic E-state index is 10.7. The Morgan fingerprint density at radius 2 is 1.89 bits per heavy atom. The fraction of sp³-hybridized carbons (Fsp3) is 0.222. The molecule has 0 radical (unpaired) electrons. The molecule has 0 N–H and O–H groups in total. The van der Waals surface area contributed by atoms with E-state index in [0.717, 1.165) is 4.90 Å². The second-order valence-electron chi connectivity index (χ2n) is 2.72. The molecule has 0 aliphatic heterocycles. The number of benzene rings is 1. The van der Waals surface area contributed by atoms with E-state index in [4.69, 9.17) is 11.1 Å². The molecule has 0 unspecified atom stereocenters. The van der Waals surface area contributed by atoms with Crippen molar-refractivity contribution >= 4 is 14.2 Å².